The van der Waals surface area contributed by atoms with Gasteiger partial charge in [-0.05, 0) is 56.2 Å². The molecule has 136 valence electrons. The molecule has 4 nitrogen and oxygen atoms in total. The van der Waals surface area contributed by atoms with Gasteiger partial charge < -0.3 is 20.1 Å². The van der Waals surface area contributed by atoms with Crippen LogP contribution in [0.3, 0.4) is 0 Å². The highest BCUT2D eigenvalue weighted by Crippen LogP contribution is 2.28. The lowest BCUT2D eigenvalue weighted by Crippen LogP contribution is -2.21. The van der Waals surface area contributed by atoms with E-state index < -0.39 is 0 Å². The monoisotopic (exact) mass is 342 g/mol. The number of hydrogen-bond donors (Lipinski definition) is 2. The fourth-order valence-corrected chi connectivity index (χ4v) is 2.53. The van der Waals surface area contributed by atoms with E-state index in [1.165, 1.54) is 11.1 Å². The van der Waals surface area contributed by atoms with Crippen molar-refractivity contribution in [3.63, 3.8) is 0 Å². The lowest BCUT2D eigenvalue weighted by molar-refractivity contribution is 0.284. The summed E-state index contributed by atoms with van der Waals surface area (Å²) in [6.45, 7) is 8.67. The van der Waals surface area contributed by atoms with Crippen LogP contribution in [0.5, 0.6) is 11.5 Å². The third-order valence-electron chi connectivity index (χ3n) is 4.03. The SMILES string of the molecule is CCNCCCNCc1ccc(OCc2ccc(C)cc2)c(OC)c1. The molecule has 0 heterocycles. The maximum Gasteiger partial charge on any atom is 0.161 e. The van der Waals surface area contributed by atoms with Crippen molar-refractivity contribution in [1.29, 1.82) is 0 Å². The summed E-state index contributed by atoms with van der Waals surface area (Å²) < 4.78 is 11.4. The Bertz CT molecular complexity index is 626. The Labute approximate surface area is 151 Å². The van der Waals surface area contributed by atoms with Crippen LogP contribution in [0.2, 0.25) is 0 Å². The van der Waals surface area contributed by atoms with E-state index >= 15 is 0 Å². The molecule has 0 bridgehead atoms. The fourth-order valence-electron chi connectivity index (χ4n) is 2.53. The molecule has 2 aromatic carbocycles. The van der Waals surface area contributed by atoms with Crippen LogP contribution in [0.15, 0.2) is 42.5 Å². The molecule has 0 aliphatic rings. The Balaban J connectivity index is 1.84. The summed E-state index contributed by atoms with van der Waals surface area (Å²) in [5.74, 6) is 1.55. The van der Waals surface area contributed by atoms with Crippen LogP contribution in [-0.4, -0.2) is 26.7 Å². The van der Waals surface area contributed by atoms with E-state index in [2.05, 4.69) is 54.8 Å². The predicted molar refractivity (Wildman–Crippen MR) is 103 cm³/mol. The van der Waals surface area contributed by atoms with E-state index in [1.54, 1.807) is 7.11 Å². The van der Waals surface area contributed by atoms with E-state index in [1.807, 2.05) is 12.1 Å². The maximum absolute atomic E-state index is 5.93. The van der Waals surface area contributed by atoms with Gasteiger partial charge in [-0.25, -0.2) is 0 Å². The number of rotatable bonds is 11. The molecule has 0 saturated carbocycles. The van der Waals surface area contributed by atoms with Crippen LogP contribution in [0, 0.1) is 6.92 Å². The van der Waals surface area contributed by atoms with E-state index in [0.717, 1.165) is 49.7 Å². The van der Waals surface area contributed by atoms with Crippen LogP contribution in [0.4, 0.5) is 0 Å². The van der Waals surface area contributed by atoms with Gasteiger partial charge in [0.2, 0.25) is 0 Å². The first-order valence-electron chi connectivity index (χ1n) is 8.99. The molecule has 0 unspecified atom stereocenters. The third kappa shape index (κ3) is 6.77. The van der Waals surface area contributed by atoms with Crippen LogP contribution < -0.4 is 20.1 Å². The highest BCUT2D eigenvalue weighted by Gasteiger charge is 2.06. The van der Waals surface area contributed by atoms with Gasteiger partial charge in [0.05, 0.1) is 7.11 Å². The van der Waals surface area contributed by atoms with Gasteiger partial charge in [0.15, 0.2) is 11.5 Å². The molecule has 25 heavy (non-hydrogen) atoms. The molecule has 4 heteroatoms. The maximum atomic E-state index is 5.93. The minimum atomic E-state index is 0.540. The molecule has 0 radical (unpaired) electrons. The van der Waals surface area contributed by atoms with E-state index in [4.69, 9.17) is 9.47 Å². The van der Waals surface area contributed by atoms with Crippen molar-refractivity contribution in [2.45, 2.75) is 33.4 Å². The average molecular weight is 342 g/mol. The number of nitrogens with one attached hydrogen (secondary N) is 2. The first kappa shape index (κ1) is 19.3. The molecular weight excluding hydrogens is 312 g/mol. The first-order valence-corrected chi connectivity index (χ1v) is 8.99. The molecule has 0 amide bonds. The molecule has 0 aromatic heterocycles. The second-order valence-electron chi connectivity index (χ2n) is 6.14. The Kier molecular flexibility index (Phi) is 8.29. The average Bonchev–Trinajstić information content (AvgIpc) is 2.64. The van der Waals surface area contributed by atoms with Crippen molar-refractivity contribution in [3.8, 4) is 11.5 Å². The third-order valence-corrected chi connectivity index (χ3v) is 4.03. The summed E-state index contributed by atoms with van der Waals surface area (Å²) >= 11 is 0. The zero-order chi connectivity index (χ0) is 17.9. The van der Waals surface area contributed by atoms with E-state index in [9.17, 15) is 0 Å². The lowest BCUT2D eigenvalue weighted by atomic mass is 10.1. The molecule has 0 spiro atoms. The topological polar surface area (TPSA) is 42.5 Å². The minimum Gasteiger partial charge on any atom is -0.493 e. The van der Waals surface area contributed by atoms with E-state index in [0.29, 0.717) is 6.61 Å². The van der Waals surface area contributed by atoms with Crippen molar-refractivity contribution < 1.29 is 9.47 Å². The van der Waals surface area contributed by atoms with E-state index in [-0.39, 0.29) is 0 Å². The molecule has 0 saturated heterocycles. The highest BCUT2D eigenvalue weighted by atomic mass is 16.5. The highest BCUT2D eigenvalue weighted by molar-refractivity contribution is 5.43. The normalized spacial score (nSPS) is 10.7. The number of benzene rings is 2. The van der Waals surface area contributed by atoms with Gasteiger partial charge in [-0.3, -0.25) is 0 Å². The van der Waals surface area contributed by atoms with Crippen LogP contribution in [-0.2, 0) is 13.2 Å². The lowest BCUT2D eigenvalue weighted by Gasteiger charge is -2.13. The molecule has 2 rings (SSSR count). The second-order valence-corrected chi connectivity index (χ2v) is 6.14. The van der Waals surface area contributed by atoms with Crippen molar-refractivity contribution in [1.82, 2.24) is 10.6 Å². The quantitative estimate of drug-likeness (QED) is 0.612. The smallest absolute Gasteiger partial charge is 0.161 e. The van der Waals surface area contributed by atoms with Gasteiger partial charge in [0, 0.05) is 6.54 Å². The number of aryl methyl sites for hydroxylation is 1. The van der Waals surface area contributed by atoms with Crippen molar-refractivity contribution in [3.05, 3.63) is 59.2 Å². The Morgan fingerprint density at radius 3 is 2.32 bits per heavy atom. The van der Waals surface area contributed by atoms with Crippen LogP contribution in [0.1, 0.15) is 30.0 Å². The largest absolute Gasteiger partial charge is 0.493 e. The molecule has 2 N–H and O–H groups in total. The second kappa shape index (κ2) is 10.7. The molecule has 0 aliphatic heterocycles. The Morgan fingerprint density at radius 1 is 0.880 bits per heavy atom. The van der Waals surface area contributed by atoms with Crippen molar-refractivity contribution in [2.75, 3.05) is 26.7 Å². The number of ether oxygens (including phenoxy) is 2. The molecule has 0 aliphatic carbocycles. The van der Waals surface area contributed by atoms with Gasteiger partial charge >= 0.3 is 0 Å². The van der Waals surface area contributed by atoms with Gasteiger partial charge in [0.25, 0.3) is 0 Å². The summed E-state index contributed by atoms with van der Waals surface area (Å²) in [5.41, 5.74) is 3.60. The molecule has 0 atom stereocenters. The first-order chi connectivity index (χ1) is 12.2. The molecular formula is C21H30N2O2. The zero-order valence-electron chi connectivity index (χ0n) is 15.6. The van der Waals surface area contributed by atoms with Crippen LogP contribution in [0.25, 0.3) is 0 Å². The summed E-state index contributed by atoms with van der Waals surface area (Å²) in [4.78, 5) is 0. The van der Waals surface area contributed by atoms with Gasteiger partial charge in [-0.1, -0.05) is 42.8 Å². The minimum absolute atomic E-state index is 0.540. The van der Waals surface area contributed by atoms with Crippen LogP contribution >= 0.6 is 0 Å². The predicted octanol–water partition coefficient (Wildman–Crippen LogP) is 3.67. The van der Waals surface area contributed by atoms with Gasteiger partial charge in [-0.15, -0.1) is 0 Å². The Morgan fingerprint density at radius 2 is 1.60 bits per heavy atom. The van der Waals surface area contributed by atoms with Gasteiger partial charge in [-0.2, -0.15) is 0 Å². The van der Waals surface area contributed by atoms with Crippen molar-refractivity contribution in [2.24, 2.45) is 0 Å². The summed E-state index contributed by atoms with van der Waals surface area (Å²) in [5, 5.41) is 6.78. The Hall–Kier alpha value is -2.04. The summed E-state index contributed by atoms with van der Waals surface area (Å²) in [6.07, 6.45) is 1.13. The molecule has 0 fully saturated rings. The fraction of sp³-hybridized carbons (Fsp3) is 0.429. The van der Waals surface area contributed by atoms with Crippen molar-refractivity contribution >= 4 is 0 Å². The zero-order valence-corrected chi connectivity index (χ0v) is 15.6. The number of hydrogen-bond acceptors (Lipinski definition) is 4. The van der Waals surface area contributed by atoms with Gasteiger partial charge in [0.1, 0.15) is 6.61 Å². The summed E-state index contributed by atoms with van der Waals surface area (Å²) in [6, 6.07) is 14.5. The molecule has 2 aromatic rings. The number of methoxy groups -OCH3 is 1. The summed E-state index contributed by atoms with van der Waals surface area (Å²) in [7, 11) is 1.68. The standard InChI is InChI=1S/C21H30N2O2/c1-4-22-12-5-13-23-15-19-10-11-20(21(14-19)24-3)25-16-18-8-6-17(2)7-9-18/h6-11,14,22-23H,4-5,12-13,15-16H2,1-3H3.